The molecule has 1 amide bonds. The van der Waals surface area contributed by atoms with E-state index in [1.165, 1.54) is 23.5 Å². The van der Waals surface area contributed by atoms with Crippen LogP contribution in [0.25, 0.3) is 16.2 Å². The molecule has 4 rings (SSSR count). The number of halogens is 1. The summed E-state index contributed by atoms with van der Waals surface area (Å²) in [5.41, 5.74) is 7.04. The van der Waals surface area contributed by atoms with Gasteiger partial charge in [0.15, 0.2) is 0 Å². The third-order valence-electron chi connectivity index (χ3n) is 4.27. The van der Waals surface area contributed by atoms with Crippen LogP contribution in [0.1, 0.15) is 12.8 Å². The third kappa shape index (κ3) is 2.73. The Morgan fingerprint density at radius 1 is 1.33 bits per heavy atom. The Kier molecular flexibility index (Phi) is 3.68. The Hall–Kier alpha value is -2.48. The standard InChI is InChI=1S/C16H16FN5OS/c17-12-5-3-10(4-6-12)13-9-22-15(19-13)24-16(20-22)21-7-1-2-11(8-21)14(18)23/h3-6,9,11H,1-2,7-8H2,(H2,18,23)/t11-/m1/s1. The zero-order valence-corrected chi connectivity index (χ0v) is 13.7. The number of carbonyl (C=O) groups excluding carboxylic acids is 1. The van der Waals surface area contributed by atoms with Crippen molar-refractivity contribution in [2.24, 2.45) is 11.7 Å². The Labute approximate surface area is 141 Å². The number of imidazole rings is 1. The molecule has 0 aliphatic carbocycles. The van der Waals surface area contributed by atoms with E-state index in [9.17, 15) is 9.18 Å². The molecule has 3 aromatic rings. The lowest BCUT2D eigenvalue weighted by atomic mass is 9.98. The van der Waals surface area contributed by atoms with Gasteiger partial charge in [0, 0.05) is 18.7 Å². The van der Waals surface area contributed by atoms with Crippen LogP contribution >= 0.6 is 11.3 Å². The van der Waals surface area contributed by atoms with Gasteiger partial charge >= 0.3 is 0 Å². The van der Waals surface area contributed by atoms with Gasteiger partial charge in [-0.3, -0.25) is 4.79 Å². The molecule has 1 aromatic carbocycles. The molecule has 0 unspecified atom stereocenters. The van der Waals surface area contributed by atoms with Crippen LogP contribution in [-0.2, 0) is 4.79 Å². The summed E-state index contributed by atoms with van der Waals surface area (Å²) in [6, 6.07) is 6.23. The van der Waals surface area contributed by atoms with Gasteiger partial charge in [0.05, 0.1) is 17.8 Å². The second-order valence-electron chi connectivity index (χ2n) is 5.93. The monoisotopic (exact) mass is 345 g/mol. The van der Waals surface area contributed by atoms with Crippen molar-refractivity contribution in [3.8, 4) is 11.3 Å². The lowest BCUT2D eigenvalue weighted by Gasteiger charge is -2.30. The van der Waals surface area contributed by atoms with E-state index in [1.54, 1.807) is 16.6 Å². The first-order chi connectivity index (χ1) is 11.6. The van der Waals surface area contributed by atoms with E-state index in [0.717, 1.165) is 40.7 Å². The zero-order chi connectivity index (χ0) is 16.7. The number of nitrogens with zero attached hydrogens (tertiary/aromatic N) is 4. The molecule has 0 spiro atoms. The summed E-state index contributed by atoms with van der Waals surface area (Å²) in [5.74, 6) is -0.640. The summed E-state index contributed by atoms with van der Waals surface area (Å²) in [6.07, 6.45) is 3.59. The predicted octanol–water partition coefficient (Wildman–Crippen LogP) is 2.30. The average Bonchev–Trinajstić information content (AvgIpc) is 3.14. The minimum Gasteiger partial charge on any atom is -0.369 e. The smallest absolute Gasteiger partial charge is 0.222 e. The Bertz CT molecular complexity index is 856. The summed E-state index contributed by atoms with van der Waals surface area (Å²) in [7, 11) is 0. The number of fused-ring (bicyclic) bond motifs is 1. The van der Waals surface area contributed by atoms with E-state index in [4.69, 9.17) is 5.73 Å². The van der Waals surface area contributed by atoms with Crippen molar-refractivity contribution in [1.29, 1.82) is 0 Å². The largest absolute Gasteiger partial charge is 0.369 e. The molecule has 2 aromatic heterocycles. The summed E-state index contributed by atoms with van der Waals surface area (Å²) < 4.78 is 14.7. The number of primary amides is 1. The van der Waals surface area contributed by atoms with E-state index < -0.39 is 0 Å². The number of benzene rings is 1. The molecule has 0 radical (unpaired) electrons. The number of carbonyl (C=O) groups is 1. The SMILES string of the molecule is NC(=O)[C@@H]1CCCN(c2nn3cc(-c4ccc(F)cc4)nc3s2)C1. The second-order valence-corrected chi connectivity index (χ2v) is 6.87. The van der Waals surface area contributed by atoms with Crippen molar-refractivity contribution in [2.75, 3.05) is 18.0 Å². The Morgan fingerprint density at radius 2 is 2.12 bits per heavy atom. The van der Waals surface area contributed by atoms with Gasteiger partial charge in [-0.1, -0.05) is 11.3 Å². The maximum absolute atomic E-state index is 13.0. The van der Waals surface area contributed by atoms with Crippen LogP contribution in [0.4, 0.5) is 9.52 Å². The molecule has 1 fully saturated rings. The first kappa shape index (κ1) is 15.1. The van der Waals surface area contributed by atoms with Crippen LogP contribution in [0.2, 0.25) is 0 Å². The topological polar surface area (TPSA) is 76.5 Å². The lowest BCUT2D eigenvalue weighted by Crippen LogP contribution is -2.41. The quantitative estimate of drug-likeness (QED) is 0.790. The van der Waals surface area contributed by atoms with E-state index in [2.05, 4.69) is 15.0 Å². The average molecular weight is 345 g/mol. The number of hydrogen-bond donors (Lipinski definition) is 1. The number of hydrogen-bond acceptors (Lipinski definition) is 5. The molecule has 6 nitrogen and oxygen atoms in total. The maximum atomic E-state index is 13.0. The highest BCUT2D eigenvalue weighted by molar-refractivity contribution is 7.20. The summed E-state index contributed by atoms with van der Waals surface area (Å²) in [6.45, 7) is 1.47. The van der Waals surface area contributed by atoms with Gasteiger partial charge in [0.1, 0.15) is 5.82 Å². The van der Waals surface area contributed by atoms with Gasteiger partial charge in [-0.2, -0.15) is 0 Å². The van der Waals surface area contributed by atoms with Crippen LogP contribution < -0.4 is 10.6 Å². The van der Waals surface area contributed by atoms with Crippen molar-refractivity contribution in [2.45, 2.75) is 12.8 Å². The minimum absolute atomic E-state index is 0.121. The van der Waals surface area contributed by atoms with Crippen molar-refractivity contribution in [3.63, 3.8) is 0 Å². The normalized spacial score (nSPS) is 18.2. The summed E-state index contributed by atoms with van der Waals surface area (Å²) in [4.78, 5) is 18.8. The molecule has 8 heteroatoms. The van der Waals surface area contributed by atoms with Gasteiger partial charge in [0.25, 0.3) is 0 Å². The van der Waals surface area contributed by atoms with Gasteiger partial charge in [-0.25, -0.2) is 13.9 Å². The molecule has 2 N–H and O–H groups in total. The lowest BCUT2D eigenvalue weighted by molar-refractivity contribution is -0.122. The predicted molar refractivity (Wildman–Crippen MR) is 90.4 cm³/mol. The van der Waals surface area contributed by atoms with Crippen LogP contribution in [0, 0.1) is 11.7 Å². The highest BCUT2D eigenvalue weighted by Crippen LogP contribution is 2.29. The highest BCUT2D eigenvalue weighted by atomic mass is 32.1. The van der Waals surface area contributed by atoms with Crippen molar-refractivity contribution >= 4 is 27.3 Å². The number of anilines is 1. The molecule has 1 saturated heterocycles. The zero-order valence-electron chi connectivity index (χ0n) is 12.9. The van der Waals surface area contributed by atoms with Crippen LogP contribution in [0.3, 0.4) is 0 Å². The number of piperidine rings is 1. The molecule has 1 atom stereocenters. The summed E-state index contributed by atoms with van der Waals surface area (Å²) in [5, 5.41) is 5.41. The fourth-order valence-corrected chi connectivity index (χ4v) is 3.88. The van der Waals surface area contributed by atoms with Crippen LogP contribution in [-0.4, -0.2) is 33.6 Å². The van der Waals surface area contributed by atoms with Gasteiger partial charge < -0.3 is 10.6 Å². The minimum atomic E-state index is -0.269. The van der Waals surface area contributed by atoms with Crippen LogP contribution in [0.5, 0.6) is 0 Å². The van der Waals surface area contributed by atoms with Crippen molar-refractivity contribution in [1.82, 2.24) is 14.6 Å². The number of aromatic nitrogens is 3. The first-order valence-corrected chi connectivity index (χ1v) is 8.58. The molecule has 3 heterocycles. The maximum Gasteiger partial charge on any atom is 0.222 e. The molecule has 1 aliphatic rings. The number of nitrogens with two attached hydrogens (primary N) is 1. The van der Waals surface area contributed by atoms with E-state index >= 15 is 0 Å². The summed E-state index contributed by atoms with van der Waals surface area (Å²) >= 11 is 1.48. The van der Waals surface area contributed by atoms with Crippen molar-refractivity contribution in [3.05, 3.63) is 36.3 Å². The van der Waals surface area contributed by atoms with Gasteiger partial charge in [0.2, 0.25) is 16.0 Å². The molecule has 124 valence electrons. The molecular weight excluding hydrogens is 329 g/mol. The van der Waals surface area contributed by atoms with Crippen LogP contribution in [0.15, 0.2) is 30.5 Å². The first-order valence-electron chi connectivity index (χ1n) is 7.76. The number of amides is 1. The molecule has 24 heavy (non-hydrogen) atoms. The van der Waals surface area contributed by atoms with E-state index in [0.29, 0.717) is 6.54 Å². The Balaban J connectivity index is 1.59. The molecule has 1 aliphatic heterocycles. The second kappa shape index (κ2) is 5.86. The Morgan fingerprint density at radius 3 is 2.83 bits per heavy atom. The molecule has 0 saturated carbocycles. The van der Waals surface area contributed by atoms with E-state index in [1.807, 2.05) is 6.20 Å². The molecule has 0 bridgehead atoms. The third-order valence-corrected chi connectivity index (χ3v) is 5.25. The highest BCUT2D eigenvalue weighted by Gasteiger charge is 2.26. The van der Waals surface area contributed by atoms with Gasteiger partial charge in [-0.05, 0) is 37.1 Å². The molecular formula is C16H16FN5OS. The van der Waals surface area contributed by atoms with Gasteiger partial charge in [-0.15, -0.1) is 5.10 Å². The fourth-order valence-electron chi connectivity index (χ4n) is 2.96. The fraction of sp³-hybridized carbons (Fsp3) is 0.312. The van der Waals surface area contributed by atoms with E-state index in [-0.39, 0.29) is 17.6 Å². The number of rotatable bonds is 3. The van der Waals surface area contributed by atoms with Crippen molar-refractivity contribution < 1.29 is 9.18 Å².